The fraction of sp³-hybridized carbons (Fsp3) is 0.0909. The molecular weight excluding hydrogens is 384 g/mol. The van der Waals surface area contributed by atoms with Crippen LogP contribution in [0.1, 0.15) is 5.56 Å². The second-order valence-corrected chi connectivity index (χ2v) is 6.59. The number of H-pyrrole nitrogens is 1. The molecular formula is C22H18N4O4. The van der Waals surface area contributed by atoms with E-state index in [2.05, 4.69) is 15.3 Å². The molecule has 2 N–H and O–H groups in total. The Morgan fingerprint density at radius 3 is 2.77 bits per heavy atom. The summed E-state index contributed by atoms with van der Waals surface area (Å²) in [5.41, 5.74) is 0.693. The SMILES string of the molecule is O=C(Cn1c(=O)[nH]c2ccccc2c1=O)Nc1cccc(OCc2cccnc2)c1. The minimum absolute atomic E-state index is 0.340. The number of carbonyl (C=O) groups is 1. The standard InChI is InChI=1S/C22H18N4O4/c27-20(13-26-21(28)18-8-1-2-9-19(18)25-22(26)29)24-16-6-3-7-17(11-16)30-14-15-5-4-10-23-12-15/h1-12H,13-14H2,(H,24,27)(H,25,29). The van der Waals surface area contributed by atoms with Gasteiger partial charge in [0.05, 0.1) is 10.9 Å². The van der Waals surface area contributed by atoms with Gasteiger partial charge in [-0.15, -0.1) is 0 Å². The number of aromatic nitrogens is 3. The number of nitrogens with zero attached hydrogens (tertiary/aromatic N) is 2. The van der Waals surface area contributed by atoms with Gasteiger partial charge in [0.15, 0.2) is 0 Å². The average molecular weight is 402 g/mol. The van der Waals surface area contributed by atoms with Crippen molar-refractivity contribution in [2.24, 2.45) is 0 Å². The molecule has 0 fully saturated rings. The van der Waals surface area contributed by atoms with Gasteiger partial charge in [-0.05, 0) is 30.3 Å². The van der Waals surface area contributed by atoms with Gasteiger partial charge in [-0.2, -0.15) is 0 Å². The molecule has 30 heavy (non-hydrogen) atoms. The molecule has 0 aliphatic carbocycles. The highest BCUT2D eigenvalue weighted by molar-refractivity contribution is 5.91. The van der Waals surface area contributed by atoms with Crippen molar-refractivity contribution in [1.29, 1.82) is 0 Å². The third kappa shape index (κ3) is 4.27. The summed E-state index contributed by atoms with van der Waals surface area (Å²) < 4.78 is 6.59. The Labute approximate surface area is 170 Å². The average Bonchev–Trinajstić information content (AvgIpc) is 2.76. The minimum Gasteiger partial charge on any atom is -0.489 e. The number of benzene rings is 2. The van der Waals surface area contributed by atoms with E-state index in [9.17, 15) is 14.4 Å². The van der Waals surface area contributed by atoms with Crippen molar-refractivity contribution in [3.8, 4) is 5.75 Å². The Morgan fingerprint density at radius 1 is 1.07 bits per heavy atom. The van der Waals surface area contributed by atoms with E-state index >= 15 is 0 Å². The number of amides is 1. The topological polar surface area (TPSA) is 106 Å². The second kappa shape index (κ2) is 8.44. The van der Waals surface area contributed by atoms with Crippen LogP contribution in [-0.2, 0) is 17.9 Å². The molecule has 2 aromatic carbocycles. The van der Waals surface area contributed by atoms with Gasteiger partial charge >= 0.3 is 5.69 Å². The third-order valence-electron chi connectivity index (χ3n) is 4.44. The van der Waals surface area contributed by atoms with Crippen molar-refractivity contribution in [2.75, 3.05) is 5.32 Å². The molecule has 0 saturated carbocycles. The fourth-order valence-corrected chi connectivity index (χ4v) is 3.00. The number of anilines is 1. The predicted molar refractivity (Wildman–Crippen MR) is 112 cm³/mol. The van der Waals surface area contributed by atoms with Crippen LogP contribution in [0.5, 0.6) is 5.75 Å². The zero-order chi connectivity index (χ0) is 20.9. The summed E-state index contributed by atoms with van der Waals surface area (Å²) in [6, 6.07) is 17.3. The summed E-state index contributed by atoms with van der Waals surface area (Å²) in [4.78, 5) is 43.9. The smallest absolute Gasteiger partial charge is 0.329 e. The Hall–Kier alpha value is -4.20. The largest absolute Gasteiger partial charge is 0.489 e. The van der Waals surface area contributed by atoms with Crippen molar-refractivity contribution < 1.29 is 9.53 Å². The molecule has 4 aromatic rings. The maximum atomic E-state index is 12.5. The Bertz CT molecular complexity index is 1310. The maximum Gasteiger partial charge on any atom is 0.329 e. The zero-order valence-corrected chi connectivity index (χ0v) is 15.9. The molecule has 0 unspecified atom stereocenters. The van der Waals surface area contributed by atoms with Crippen molar-refractivity contribution in [3.05, 3.63) is 99.5 Å². The van der Waals surface area contributed by atoms with Gasteiger partial charge in [-0.3, -0.25) is 19.1 Å². The minimum atomic E-state index is -0.637. The van der Waals surface area contributed by atoms with Crippen LogP contribution < -0.4 is 21.3 Å². The Kier molecular flexibility index (Phi) is 5.38. The van der Waals surface area contributed by atoms with E-state index in [0.717, 1.165) is 10.1 Å². The van der Waals surface area contributed by atoms with Gasteiger partial charge in [0.25, 0.3) is 5.56 Å². The molecule has 4 rings (SSSR count). The summed E-state index contributed by atoms with van der Waals surface area (Å²) >= 11 is 0. The van der Waals surface area contributed by atoms with E-state index in [1.54, 1.807) is 60.9 Å². The summed E-state index contributed by atoms with van der Waals surface area (Å²) in [5, 5.41) is 3.03. The number of aromatic amines is 1. The lowest BCUT2D eigenvalue weighted by Gasteiger charge is -2.10. The third-order valence-corrected chi connectivity index (χ3v) is 4.44. The number of carbonyl (C=O) groups excluding carboxylic acids is 1. The number of hydrogen-bond acceptors (Lipinski definition) is 5. The number of para-hydroxylation sites is 1. The highest BCUT2D eigenvalue weighted by Crippen LogP contribution is 2.18. The molecule has 0 aliphatic heterocycles. The van der Waals surface area contributed by atoms with E-state index < -0.39 is 23.7 Å². The van der Waals surface area contributed by atoms with Crippen LogP contribution in [0.3, 0.4) is 0 Å². The van der Waals surface area contributed by atoms with E-state index in [4.69, 9.17) is 4.74 Å². The lowest BCUT2D eigenvalue weighted by Crippen LogP contribution is -2.38. The lowest BCUT2D eigenvalue weighted by atomic mass is 10.2. The van der Waals surface area contributed by atoms with Gasteiger partial charge in [0, 0.05) is 29.7 Å². The number of ether oxygens (including phenoxy) is 1. The second-order valence-electron chi connectivity index (χ2n) is 6.59. The summed E-state index contributed by atoms with van der Waals surface area (Å²) in [6.07, 6.45) is 3.40. The van der Waals surface area contributed by atoms with Crippen LogP contribution in [-0.4, -0.2) is 20.4 Å². The van der Waals surface area contributed by atoms with Crippen LogP contribution in [0.4, 0.5) is 5.69 Å². The highest BCUT2D eigenvalue weighted by Gasteiger charge is 2.11. The van der Waals surface area contributed by atoms with Gasteiger partial charge in [-0.25, -0.2) is 4.79 Å². The summed E-state index contributed by atoms with van der Waals surface area (Å²) in [7, 11) is 0. The first-order chi connectivity index (χ1) is 14.6. The monoisotopic (exact) mass is 402 g/mol. The molecule has 0 aliphatic rings. The van der Waals surface area contributed by atoms with Crippen molar-refractivity contribution in [2.45, 2.75) is 13.2 Å². The van der Waals surface area contributed by atoms with Crippen LogP contribution in [0, 0.1) is 0 Å². The van der Waals surface area contributed by atoms with E-state index in [1.807, 2.05) is 12.1 Å². The van der Waals surface area contributed by atoms with Gasteiger partial charge in [-0.1, -0.05) is 24.3 Å². The lowest BCUT2D eigenvalue weighted by molar-refractivity contribution is -0.116. The molecule has 0 radical (unpaired) electrons. The molecule has 1 amide bonds. The zero-order valence-electron chi connectivity index (χ0n) is 15.9. The molecule has 150 valence electrons. The number of fused-ring (bicyclic) bond motifs is 1. The van der Waals surface area contributed by atoms with Gasteiger partial charge in [0.2, 0.25) is 5.91 Å². The molecule has 8 nitrogen and oxygen atoms in total. The number of pyridine rings is 1. The van der Waals surface area contributed by atoms with Crippen molar-refractivity contribution in [3.63, 3.8) is 0 Å². The normalized spacial score (nSPS) is 10.7. The van der Waals surface area contributed by atoms with Crippen molar-refractivity contribution in [1.82, 2.24) is 14.5 Å². The first-order valence-electron chi connectivity index (χ1n) is 9.23. The van der Waals surface area contributed by atoms with Crippen LogP contribution in [0.2, 0.25) is 0 Å². The first kappa shape index (κ1) is 19.1. The van der Waals surface area contributed by atoms with Crippen molar-refractivity contribution >= 4 is 22.5 Å². The quantitative estimate of drug-likeness (QED) is 0.515. The molecule has 8 heteroatoms. The molecule has 2 aromatic heterocycles. The maximum absolute atomic E-state index is 12.5. The molecule has 2 heterocycles. The molecule has 0 atom stereocenters. The summed E-state index contributed by atoms with van der Waals surface area (Å²) in [6.45, 7) is -0.0626. The van der Waals surface area contributed by atoms with E-state index in [0.29, 0.717) is 28.9 Å². The number of hydrogen-bond donors (Lipinski definition) is 2. The molecule has 0 spiro atoms. The molecule has 0 bridgehead atoms. The van der Waals surface area contributed by atoms with Crippen LogP contribution >= 0.6 is 0 Å². The first-order valence-corrected chi connectivity index (χ1v) is 9.23. The van der Waals surface area contributed by atoms with Gasteiger partial charge < -0.3 is 15.0 Å². The predicted octanol–water partition coefficient (Wildman–Crippen LogP) is 2.30. The van der Waals surface area contributed by atoms with Crippen LogP contribution in [0.25, 0.3) is 10.9 Å². The highest BCUT2D eigenvalue weighted by atomic mass is 16.5. The summed E-state index contributed by atoms with van der Waals surface area (Å²) in [5.74, 6) is 0.0691. The van der Waals surface area contributed by atoms with E-state index in [-0.39, 0.29) is 0 Å². The van der Waals surface area contributed by atoms with Gasteiger partial charge in [0.1, 0.15) is 18.9 Å². The number of nitrogens with one attached hydrogen (secondary N) is 2. The Balaban J connectivity index is 1.46. The molecule has 0 saturated heterocycles. The Morgan fingerprint density at radius 2 is 1.93 bits per heavy atom. The number of rotatable bonds is 6. The van der Waals surface area contributed by atoms with Crippen LogP contribution in [0.15, 0.2) is 82.6 Å². The van der Waals surface area contributed by atoms with E-state index in [1.165, 1.54) is 0 Å². The fourth-order valence-electron chi connectivity index (χ4n) is 3.00.